The van der Waals surface area contributed by atoms with Crippen molar-refractivity contribution >= 4 is 0 Å². The summed E-state index contributed by atoms with van der Waals surface area (Å²) >= 11 is 0. The van der Waals surface area contributed by atoms with Crippen LogP contribution in [0.4, 0.5) is 0 Å². The van der Waals surface area contributed by atoms with Crippen LogP contribution in [0.5, 0.6) is 5.88 Å². The summed E-state index contributed by atoms with van der Waals surface area (Å²) in [5.74, 6) is 1.51. The molecule has 1 fully saturated rings. The number of nitrogens with zero attached hydrogens (tertiary/aromatic N) is 5. The van der Waals surface area contributed by atoms with Crippen molar-refractivity contribution in [2.45, 2.75) is 31.3 Å². The highest BCUT2D eigenvalue weighted by Gasteiger charge is 2.47. The molecular weight excluding hydrogens is 366 g/mol. The van der Waals surface area contributed by atoms with E-state index in [-0.39, 0.29) is 11.0 Å². The maximum absolute atomic E-state index is 13.1. The molecule has 0 N–H and O–H groups in total. The van der Waals surface area contributed by atoms with Crippen LogP contribution in [-0.4, -0.2) is 44.8 Å². The molecule has 1 spiro atoms. The van der Waals surface area contributed by atoms with Crippen molar-refractivity contribution in [1.82, 2.24) is 24.6 Å². The minimum absolute atomic E-state index is 0.0366. The lowest BCUT2D eigenvalue weighted by Crippen LogP contribution is -2.33. The van der Waals surface area contributed by atoms with Crippen molar-refractivity contribution in [2.75, 3.05) is 20.2 Å². The molecule has 148 valence electrons. The molecule has 0 radical (unpaired) electrons. The summed E-state index contributed by atoms with van der Waals surface area (Å²) in [6, 6.07) is 13.6. The highest BCUT2D eigenvalue weighted by atomic mass is 16.5. The number of rotatable bonds is 4. The molecule has 0 aliphatic carbocycles. The van der Waals surface area contributed by atoms with E-state index < -0.39 is 0 Å². The van der Waals surface area contributed by atoms with E-state index in [1.165, 1.54) is 0 Å². The maximum atomic E-state index is 13.1. The maximum Gasteiger partial charge on any atom is 0.280 e. The molecule has 2 aliphatic rings. The Morgan fingerprint density at radius 1 is 1.07 bits per heavy atom. The summed E-state index contributed by atoms with van der Waals surface area (Å²) in [5.41, 5.74) is 2.19. The van der Waals surface area contributed by atoms with Gasteiger partial charge in [-0.05, 0) is 25.5 Å². The van der Waals surface area contributed by atoms with E-state index in [4.69, 9.17) is 4.74 Å². The highest BCUT2D eigenvalue weighted by molar-refractivity contribution is 5.57. The lowest BCUT2D eigenvalue weighted by atomic mass is 9.85. The molecule has 1 saturated heterocycles. The topological polar surface area (TPSA) is 73.1 Å². The van der Waals surface area contributed by atoms with Crippen molar-refractivity contribution in [2.24, 2.45) is 0 Å². The van der Waals surface area contributed by atoms with Gasteiger partial charge in [-0.15, -0.1) is 10.2 Å². The van der Waals surface area contributed by atoms with E-state index in [2.05, 4.69) is 26.1 Å². The van der Waals surface area contributed by atoms with Crippen LogP contribution in [0, 0.1) is 0 Å². The summed E-state index contributed by atoms with van der Waals surface area (Å²) in [6.07, 6.45) is 3.65. The van der Waals surface area contributed by atoms with E-state index in [9.17, 15) is 4.79 Å². The number of pyridine rings is 1. The predicted octanol–water partition coefficient (Wildman–Crippen LogP) is 2.26. The zero-order valence-corrected chi connectivity index (χ0v) is 16.4. The molecular formula is C22H23N5O2. The molecule has 0 unspecified atom stereocenters. The van der Waals surface area contributed by atoms with Crippen molar-refractivity contribution in [3.05, 3.63) is 70.4 Å². The fourth-order valence-corrected chi connectivity index (χ4v) is 4.68. The van der Waals surface area contributed by atoms with Crippen LogP contribution in [0.3, 0.4) is 0 Å². The molecule has 1 atom stereocenters. The number of aromatic nitrogens is 4. The Kier molecular flexibility index (Phi) is 4.39. The Balaban J connectivity index is 1.42. The number of benzene rings is 1. The van der Waals surface area contributed by atoms with Gasteiger partial charge in [0.05, 0.1) is 7.11 Å². The fourth-order valence-electron chi connectivity index (χ4n) is 4.68. The van der Waals surface area contributed by atoms with Crippen LogP contribution >= 0.6 is 0 Å². The SMILES string of the molecule is COc1ncccc1CN1CC[C@]2(CCn3c2nnc(-c2ccccc2)c3=O)C1. The first-order valence-electron chi connectivity index (χ1n) is 9.94. The van der Waals surface area contributed by atoms with Gasteiger partial charge in [0, 0.05) is 42.4 Å². The van der Waals surface area contributed by atoms with Gasteiger partial charge in [0.25, 0.3) is 5.56 Å². The Labute approximate surface area is 169 Å². The molecule has 0 amide bonds. The summed E-state index contributed by atoms with van der Waals surface area (Å²) in [4.78, 5) is 19.8. The Bertz CT molecular complexity index is 1100. The standard InChI is InChI=1S/C22H23N5O2/c1-29-19-17(8-5-11-23-19)14-26-12-9-22(15-26)10-13-27-20(28)18(24-25-21(22)27)16-6-3-2-4-7-16/h2-8,11H,9-10,12-15H2,1H3/t22-/m0/s1. The molecule has 5 rings (SSSR count). The Hall–Kier alpha value is -3.06. The highest BCUT2D eigenvalue weighted by Crippen LogP contribution is 2.41. The van der Waals surface area contributed by atoms with Gasteiger partial charge < -0.3 is 4.74 Å². The van der Waals surface area contributed by atoms with Crippen LogP contribution in [0.1, 0.15) is 24.2 Å². The first-order valence-corrected chi connectivity index (χ1v) is 9.94. The van der Waals surface area contributed by atoms with Gasteiger partial charge in [-0.3, -0.25) is 14.3 Å². The van der Waals surface area contributed by atoms with Crippen molar-refractivity contribution in [3.8, 4) is 17.1 Å². The van der Waals surface area contributed by atoms with Crippen molar-refractivity contribution < 1.29 is 4.74 Å². The molecule has 0 saturated carbocycles. The summed E-state index contributed by atoms with van der Waals surface area (Å²) in [6.45, 7) is 3.30. The Morgan fingerprint density at radius 2 is 1.90 bits per heavy atom. The zero-order chi connectivity index (χ0) is 19.8. The molecule has 7 heteroatoms. The van der Waals surface area contributed by atoms with Crippen molar-refractivity contribution in [3.63, 3.8) is 0 Å². The molecule has 0 bridgehead atoms. The molecule has 2 aliphatic heterocycles. The third-order valence-electron chi connectivity index (χ3n) is 6.15. The first kappa shape index (κ1) is 18.0. The van der Waals surface area contributed by atoms with Crippen LogP contribution in [0.25, 0.3) is 11.3 Å². The summed E-state index contributed by atoms with van der Waals surface area (Å²) in [5, 5.41) is 8.90. The monoisotopic (exact) mass is 389 g/mol. The third-order valence-corrected chi connectivity index (χ3v) is 6.15. The smallest absolute Gasteiger partial charge is 0.280 e. The molecule has 4 heterocycles. The van der Waals surface area contributed by atoms with Gasteiger partial charge in [-0.1, -0.05) is 36.4 Å². The number of ether oxygens (including phenoxy) is 1. The van der Waals surface area contributed by atoms with E-state index in [1.54, 1.807) is 13.3 Å². The minimum Gasteiger partial charge on any atom is -0.481 e. The van der Waals surface area contributed by atoms with Crippen LogP contribution < -0.4 is 10.3 Å². The summed E-state index contributed by atoms with van der Waals surface area (Å²) < 4.78 is 7.23. The normalized spacial score (nSPS) is 20.9. The number of hydrogen-bond donors (Lipinski definition) is 0. The zero-order valence-electron chi connectivity index (χ0n) is 16.4. The van der Waals surface area contributed by atoms with Gasteiger partial charge in [0.1, 0.15) is 5.82 Å². The number of methoxy groups -OCH3 is 1. The lowest BCUT2D eigenvalue weighted by Gasteiger charge is -2.23. The molecule has 29 heavy (non-hydrogen) atoms. The summed E-state index contributed by atoms with van der Waals surface area (Å²) in [7, 11) is 1.65. The second kappa shape index (κ2) is 7.08. The number of likely N-dealkylation sites (tertiary alicyclic amines) is 1. The van der Waals surface area contributed by atoms with Gasteiger partial charge in [0.2, 0.25) is 5.88 Å². The second-order valence-corrected chi connectivity index (χ2v) is 7.86. The van der Waals surface area contributed by atoms with Crippen LogP contribution in [0.2, 0.25) is 0 Å². The molecule has 1 aromatic carbocycles. The van der Waals surface area contributed by atoms with E-state index in [0.29, 0.717) is 18.1 Å². The van der Waals surface area contributed by atoms with Crippen LogP contribution in [0.15, 0.2) is 53.5 Å². The average molecular weight is 389 g/mol. The predicted molar refractivity (Wildman–Crippen MR) is 109 cm³/mol. The molecule has 7 nitrogen and oxygen atoms in total. The fraction of sp³-hybridized carbons (Fsp3) is 0.364. The second-order valence-electron chi connectivity index (χ2n) is 7.86. The van der Waals surface area contributed by atoms with E-state index in [0.717, 1.165) is 49.4 Å². The Morgan fingerprint density at radius 3 is 2.72 bits per heavy atom. The number of fused-ring (bicyclic) bond motifs is 2. The minimum atomic E-state index is -0.100. The van der Waals surface area contributed by atoms with Gasteiger partial charge in [0.15, 0.2) is 5.69 Å². The van der Waals surface area contributed by atoms with Gasteiger partial charge in [-0.25, -0.2) is 4.98 Å². The lowest BCUT2D eigenvalue weighted by molar-refractivity contribution is 0.291. The largest absolute Gasteiger partial charge is 0.481 e. The molecule has 2 aromatic heterocycles. The first-order chi connectivity index (χ1) is 14.2. The van der Waals surface area contributed by atoms with Crippen molar-refractivity contribution in [1.29, 1.82) is 0 Å². The van der Waals surface area contributed by atoms with E-state index in [1.807, 2.05) is 41.0 Å². The van der Waals surface area contributed by atoms with E-state index >= 15 is 0 Å². The third kappa shape index (κ3) is 3.02. The van der Waals surface area contributed by atoms with Gasteiger partial charge in [-0.2, -0.15) is 0 Å². The quantitative estimate of drug-likeness (QED) is 0.682. The number of hydrogen-bond acceptors (Lipinski definition) is 6. The molecule has 3 aromatic rings. The average Bonchev–Trinajstić information content (AvgIpc) is 3.34. The van der Waals surface area contributed by atoms with Gasteiger partial charge >= 0.3 is 0 Å². The van der Waals surface area contributed by atoms with Crippen LogP contribution in [-0.2, 0) is 18.5 Å².